The number of urea groups is 1. The molecule has 31 heavy (non-hydrogen) atoms. The largest absolute Gasteiger partial charge is 0.323 e. The van der Waals surface area contributed by atoms with Gasteiger partial charge >= 0.3 is 6.03 Å². The summed E-state index contributed by atoms with van der Waals surface area (Å²) in [5.41, 5.74) is 1.68. The second-order valence-electron chi connectivity index (χ2n) is 8.22. The lowest BCUT2D eigenvalue weighted by molar-refractivity contribution is 0.157. The Balaban J connectivity index is 1.37. The highest BCUT2D eigenvalue weighted by atomic mass is 35.5. The van der Waals surface area contributed by atoms with Gasteiger partial charge in [0.2, 0.25) is 0 Å². The van der Waals surface area contributed by atoms with Crippen LogP contribution in [0, 0.1) is 0 Å². The molecule has 9 heteroatoms. The highest BCUT2D eigenvalue weighted by Crippen LogP contribution is 2.32. The average molecular weight is 458 g/mol. The number of thiophene rings is 1. The zero-order chi connectivity index (χ0) is 21.5. The molecule has 3 aromatic rings. The SMILES string of the molecule is CN(C(=O)N1CC[C@@H](n2cnc3cc(-c4ccc(Cl)cc4)sc3c2=O)C1)[C@H]1CCNC1. The van der Waals surface area contributed by atoms with Crippen molar-refractivity contribution in [1.29, 1.82) is 0 Å². The number of likely N-dealkylation sites (tertiary alicyclic amines) is 1. The van der Waals surface area contributed by atoms with Gasteiger partial charge < -0.3 is 15.1 Å². The van der Waals surface area contributed by atoms with Crippen molar-refractivity contribution in [2.75, 3.05) is 33.2 Å². The van der Waals surface area contributed by atoms with Crippen molar-refractivity contribution in [3.8, 4) is 10.4 Å². The summed E-state index contributed by atoms with van der Waals surface area (Å²) in [4.78, 5) is 35.4. The molecule has 2 atom stereocenters. The van der Waals surface area contributed by atoms with Crippen molar-refractivity contribution in [3.05, 3.63) is 52.0 Å². The fourth-order valence-electron chi connectivity index (χ4n) is 4.43. The van der Waals surface area contributed by atoms with E-state index >= 15 is 0 Å². The number of nitrogens with one attached hydrogen (secondary N) is 1. The van der Waals surface area contributed by atoms with E-state index in [1.807, 2.05) is 47.2 Å². The van der Waals surface area contributed by atoms with E-state index in [0.29, 0.717) is 28.3 Å². The summed E-state index contributed by atoms with van der Waals surface area (Å²) in [6.07, 6.45) is 3.37. The number of benzene rings is 1. The molecule has 2 amide bonds. The van der Waals surface area contributed by atoms with Gasteiger partial charge in [0.15, 0.2) is 0 Å². The van der Waals surface area contributed by atoms with Crippen LogP contribution >= 0.6 is 22.9 Å². The van der Waals surface area contributed by atoms with Crippen molar-refractivity contribution in [2.45, 2.75) is 24.9 Å². The van der Waals surface area contributed by atoms with Gasteiger partial charge in [-0.05, 0) is 43.1 Å². The van der Waals surface area contributed by atoms with Crippen LogP contribution in [0.4, 0.5) is 4.79 Å². The Morgan fingerprint density at radius 2 is 2.10 bits per heavy atom. The topological polar surface area (TPSA) is 70.5 Å². The van der Waals surface area contributed by atoms with Gasteiger partial charge in [0.25, 0.3) is 5.56 Å². The van der Waals surface area contributed by atoms with Crippen molar-refractivity contribution < 1.29 is 4.79 Å². The van der Waals surface area contributed by atoms with Crippen LogP contribution < -0.4 is 10.9 Å². The van der Waals surface area contributed by atoms with Gasteiger partial charge in [0.05, 0.1) is 17.9 Å². The van der Waals surface area contributed by atoms with Crippen LogP contribution in [0.15, 0.2) is 41.5 Å². The number of rotatable bonds is 3. The Hall–Kier alpha value is -2.42. The molecule has 1 aromatic carbocycles. The molecule has 7 nitrogen and oxygen atoms in total. The number of carbonyl (C=O) groups excluding carboxylic acids is 1. The van der Waals surface area contributed by atoms with E-state index in [0.717, 1.165) is 36.4 Å². The molecule has 2 fully saturated rings. The zero-order valence-corrected chi connectivity index (χ0v) is 18.8. The second kappa shape index (κ2) is 8.26. The average Bonchev–Trinajstić information content (AvgIpc) is 3.54. The number of carbonyl (C=O) groups is 1. The summed E-state index contributed by atoms with van der Waals surface area (Å²) in [7, 11) is 1.87. The highest BCUT2D eigenvalue weighted by Gasteiger charge is 2.33. The van der Waals surface area contributed by atoms with E-state index in [1.165, 1.54) is 11.3 Å². The van der Waals surface area contributed by atoms with Gasteiger partial charge in [0, 0.05) is 42.6 Å². The molecule has 0 aliphatic carbocycles. The van der Waals surface area contributed by atoms with Gasteiger partial charge in [-0.15, -0.1) is 11.3 Å². The molecule has 0 bridgehead atoms. The predicted molar refractivity (Wildman–Crippen MR) is 124 cm³/mol. The molecule has 5 rings (SSSR count). The van der Waals surface area contributed by atoms with Crippen LogP contribution in [0.1, 0.15) is 18.9 Å². The third-order valence-electron chi connectivity index (χ3n) is 6.30. The smallest absolute Gasteiger partial charge is 0.320 e. The van der Waals surface area contributed by atoms with Gasteiger partial charge in [-0.3, -0.25) is 9.36 Å². The fraction of sp³-hybridized carbons (Fsp3) is 0.409. The Kier molecular flexibility index (Phi) is 5.45. The molecule has 4 heterocycles. The van der Waals surface area contributed by atoms with Crippen molar-refractivity contribution >= 4 is 39.2 Å². The van der Waals surface area contributed by atoms with Crippen molar-refractivity contribution in [2.24, 2.45) is 0 Å². The van der Waals surface area contributed by atoms with Crippen molar-refractivity contribution in [1.82, 2.24) is 24.7 Å². The first kappa shape index (κ1) is 20.5. The molecule has 2 aromatic heterocycles. The third-order valence-corrected chi connectivity index (χ3v) is 7.72. The lowest BCUT2D eigenvalue weighted by atomic mass is 10.2. The van der Waals surface area contributed by atoms with Crippen LogP contribution in [0.5, 0.6) is 0 Å². The van der Waals surface area contributed by atoms with Crippen LogP contribution in [-0.2, 0) is 0 Å². The van der Waals surface area contributed by atoms with Gasteiger partial charge in [-0.1, -0.05) is 23.7 Å². The van der Waals surface area contributed by atoms with E-state index in [-0.39, 0.29) is 23.7 Å². The van der Waals surface area contributed by atoms with Gasteiger partial charge in [0.1, 0.15) is 4.70 Å². The molecule has 162 valence electrons. The second-order valence-corrected chi connectivity index (χ2v) is 9.71. The number of hydrogen-bond acceptors (Lipinski definition) is 5. The number of halogens is 1. The van der Waals surface area contributed by atoms with Gasteiger partial charge in [-0.2, -0.15) is 0 Å². The maximum Gasteiger partial charge on any atom is 0.320 e. The van der Waals surface area contributed by atoms with E-state index in [2.05, 4.69) is 10.3 Å². The molecule has 2 saturated heterocycles. The van der Waals surface area contributed by atoms with Crippen molar-refractivity contribution in [3.63, 3.8) is 0 Å². The van der Waals surface area contributed by atoms with Crippen LogP contribution in [0.3, 0.4) is 0 Å². The van der Waals surface area contributed by atoms with Crippen LogP contribution in [0.25, 0.3) is 20.7 Å². The Morgan fingerprint density at radius 3 is 2.84 bits per heavy atom. The lowest BCUT2D eigenvalue weighted by Gasteiger charge is -2.29. The first-order valence-corrected chi connectivity index (χ1v) is 11.7. The normalized spacial score (nSPS) is 21.2. The standard InChI is InChI=1S/C22H24ClN5O2S/c1-26(16-6-8-24-11-16)22(30)27-9-7-17(12-27)28-13-25-18-10-19(31-20(18)21(28)29)14-2-4-15(23)5-3-14/h2-5,10,13,16-17,24H,6-9,11-12H2,1H3/t16-,17+/m0/s1. The molecular formula is C22H24ClN5O2S. The molecule has 0 saturated carbocycles. The van der Waals surface area contributed by atoms with E-state index in [1.54, 1.807) is 10.9 Å². The summed E-state index contributed by atoms with van der Waals surface area (Å²) < 4.78 is 2.35. The molecule has 2 aliphatic rings. The summed E-state index contributed by atoms with van der Waals surface area (Å²) in [6, 6.07) is 9.76. The number of hydrogen-bond donors (Lipinski definition) is 1. The zero-order valence-electron chi connectivity index (χ0n) is 17.3. The Labute approximate surface area is 189 Å². The maximum absolute atomic E-state index is 13.2. The summed E-state index contributed by atoms with van der Waals surface area (Å²) in [5.74, 6) is 0. The van der Waals surface area contributed by atoms with E-state index < -0.39 is 0 Å². The molecule has 2 aliphatic heterocycles. The number of nitrogens with zero attached hydrogens (tertiary/aromatic N) is 4. The maximum atomic E-state index is 13.2. The van der Waals surface area contributed by atoms with Gasteiger partial charge in [-0.25, -0.2) is 9.78 Å². The summed E-state index contributed by atoms with van der Waals surface area (Å²) >= 11 is 7.44. The summed E-state index contributed by atoms with van der Waals surface area (Å²) in [5, 5.41) is 3.98. The third kappa shape index (κ3) is 3.84. The fourth-order valence-corrected chi connectivity index (χ4v) is 5.61. The molecular weight excluding hydrogens is 434 g/mol. The Morgan fingerprint density at radius 1 is 1.29 bits per heavy atom. The molecule has 0 spiro atoms. The first-order chi connectivity index (χ1) is 15.0. The Bertz CT molecular complexity index is 1170. The minimum atomic E-state index is -0.0514. The first-order valence-electron chi connectivity index (χ1n) is 10.5. The minimum absolute atomic E-state index is 0.0390. The summed E-state index contributed by atoms with van der Waals surface area (Å²) in [6.45, 7) is 2.98. The number of fused-ring (bicyclic) bond motifs is 1. The van der Waals surface area contributed by atoms with Crippen LogP contribution in [0.2, 0.25) is 5.02 Å². The number of aromatic nitrogens is 2. The monoisotopic (exact) mass is 457 g/mol. The van der Waals surface area contributed by atoms with Crippen LogP contribution in [-0.4, -0.2) is 64.7 Å². The number of likely N-dealkylation sites (N-methyl/N-ethyl adjacent to an activating group) is 1. The lowest BCUT2D eigenvalue weighted by Crippen LogP contribution is -2.46. The molecule has 0 radical (unpaired) electrons. The van der Waals surface area contributed by atoms with E-state index in [9.17, 15) is 9.59 Å². The molecule has 1 N–H and O–H groups in total. The number of amides is 2. The highest BCUT2D eigenvalue weighted by molar-refractivity contribution is 7.22. The quantitative estimate of drug-likeness (QED) is 0.654. The molecule has 0 unspecified atom stereocenters. The predicted octanol–water partition coefficient (Wildman–Crippen LogP) is 3.44. The minimum Gasteiger partial charge on any atom is -0.323 e. The van der Waals surface area contributed by atoms with E-state index in [4.69, 9.17) is 11.6 Å².